The van der Waals surface area contributed by atoms with Crippen molar-refractivity contribution in [1.29, 1.82) is 0 Å². The number of rotatable bonds is 3. The monoisotopic (exact) mass is 189 g/mol. The number of ether oxygens (including phenoxy) is 1. The van der Waals surface area contributed by atoms with Gasteiger partial charge in [-0.25, -0.2) is 9.59 Å². The fourth-order valence-electron chi connectivity index (χ4n) is 1.16. The standard InChI is InChI=1S/C7H11NO5/c9-4-5(6(10)11)8-2-1-3-13-7(8)12/h5,9H,1-4H2,(H,10,11). The fraction of sp³-hybridized carbons (Fsp3) is 0.714. The largest absolute Gasteiger partial charge is 0.480 e. The van der Waals surface area contributed by atoms with Gasteiger partial charge < -0.3 is 14.9 Å². The predicted octanol–water partition coefficient (Wildman–Crippen LogP) is -0.726. The van der Waals surface area contributed by atoms with Gasteiger partial charge in [-0.1, -0.05) is 0 Å². The first-order valence-corrected chi connectivity index (χ1v) is 3.94. The molecule has 1 saturated heterocycles. The molecule has 1 fully saturated rings. The molecule has 1 aliphatic rings. The van der Waals surface area contributed by atoms with Crippen LogP contribution in [0, 0.1) is 0 Å². The lowest BCUT2D eigenvalue weighted by atomic mass is 10.2. The van der Waals surface area contributed by atoms with Crippen LogP contribution in [0.3, 0.4) is 0 Å². The number of carbonyl (C=O) groups excluding carboxylic acids is 1. The third-order valence-electron chi connectivity index (χ3n) is 1.84. The Bertz CT molecular complexity index is 217. The fourth-order valence-corrected chi connectivity index (χ4v) is 1.16. The number of aliphatic carboxylic acids is 1. The maximum absolute atomic E-state index is 11.0. The highest BCUT2D eigenvalue weighted by Gasteiger charge is 2.31. The molecule has 1 rings (SSSR count). The Kier molecular flexibility index (Phi) is 3.07. The van der Waals surface area contributed by atoms with Crippen molar-refractivity contribution in [1.82, 2.24) is 4.90 Å². The van der Waals surface area contributed by atoms with Crippen LogP contribution in [0.5, 0.6) is 0 Å². The van der Waals surface area contributed by atoms with Crippen LogP contribution in [0.1, 0.15) is 6.42 Å². The number of carbonyl (C=O) groups is 2. The molecule has 0 spiro atoms. The van der Waals surface area contributed by atoms with Crippen molar-refractivity contribution in [2.75, 3.05) is 19.8 Å². The van der Waals surface area contributed by atoms with Crippen molar-refractivity contribution in [3.8, 4) is 0 Å². The predicted molar refractivity (Wildman–Crippen MR) is 41.2 cm³/mol. The van der Waals surface area contributed by atoms with Crippen LogP contribution in [0.2, 0.25) is 0 Å². The van der Waals surface area contributed by atoms with Crippen LogP contribution in [-0.2, 0) is 9.53 Å². The molecule has 0 bridgehead atoms. The molecule has 0 radical (unpaired) electrons. The van der Waals surface area contributed by atoms with E-state index in [4.69, 9.17) is 10.2 Å². The molecule has 0 aromatic carbocycles. The summed E-state index contributed by atoms with van der Waals surface area (Å²) in [4.78, 5) is 22.6. The summed E-state index contributed by atoms with van der Waals surface area (Å²) in [5.41, 5.74) is 0. The Labute approximate surface area is 74.7 Å². The molecule has 0 saturated carbocycles. The molecular weight excluding hydrogens is 178 g/mol. The number of carboxylic acid groups (broad SMARTS) is 1. The Hall–Kier alpha value is -1.30. The first-order valence-electron chi connectivity index (χ1n) is 3.94. The second-order valence-electron chi connectivity index (χ2n) is 2.70. The molecule has 74 valence electrons. The molecule has 1 heterocycles. The van der Waals surface area contributed by atoms with Crippen LogP contribution in [0.15, 0.2) is 0 Å². The highest BCUT2D eigenvalue weighted by molar-refractivity contribution is 5.80. The molecule has 1 unspecified atom stereocenters. The average Bonchev–Trinajstić information content (AvgIpc) is 2.09. The van der Waals surface area contributed by atoms with E-state index in [1.54, 1.807) is 0 Å². The van der Waals surface area contributed by atoms with E-state index in [1.165, 1.54) is 0 Å². The van der Waals surface area contributed by atoms with Gasteiger partial charge in [0.25, 0.3) is 0 Å². The van der Waals surface area contributed by atoms with E-state index in [1.807, 2.05) is 0 Å². The minimum Gasteiger partial charge on any atom is -0.480 e. The molecule has 2 N–H and O–H groups in total. The Morgan fingerprint density at radius 3 is 2.85 bits per heavy atom. The van der Waals surface area contributed by atoms with Crippen LogP contribution < -0.4 is 0 Å². The lowest BCUT2D eigenvalue weighted by molar-refractivity contribution is -0.144. The average molecular weight is 189 g/mol. The van der Waals surface area contributed by atoms with Gasteiger partial charge in [-0.05, 0) is 6.42 Å². The van der Waals surface area contributed by atoms with Gasteiger partial charge in [-0.15, -0.1) is 0 Å². The lowest BCUT2D eigenvalue weighted by Gasteiger charge is -2.30. The summed E-state index contributed by atoms with van der Waals surface area (Å²) in [6, 6.07) is -1.19. The van der Waals surface area contributed by atoms with E-state index in [-0.39, 0.29) is 0 Å². The van der Waals surface area contributed by atoms with Gasteiger partial charge in [0.1, 0.15) is 0 Å². The van der Waals surface area contributed by atoms with Crippen molar-refractivity contribution >= 4 is 12.1 Å². The quantitative estimate of drug-likeness (QED) is 0.611. The van der Waals surface area contributed by atoms with Crippen LogP contribution in [0.4, 0.5) is 4.79 Å². The van der Waals surface area contributed by atoms with E-state index >= 15 is 0 Å². The van der Waals surface area contributed by atoms with Crippen molar-refractivity contribution in [2.45, 2.75) is 12.5 Å². The SMILES string of the molecule is O=C(O)C(CO)N1CCCOC1=O. The molecule has 0 aliphatic carbocycles. The topological polar surface area (TPSA) is 87.1 Å². The summed E-state index contributed by atoms with van der Waals surface area (Å²) in [5, 5.41) is 17.4. The maximum atomic E-state index is 11.0. The summed E-state index contributed by atoms with van der Waals surface area (Å²) in [6.07, 6.45) is -0.0806. The molecule has 1 atom stereocenters. The van der Waals surface area contributed by atoms with Crippen LogP contribution >= 0.6 is 0 Å². The second kappa shape index (κ2) is 4.08. The number of aliphatic hydroxyl groups is 1. The smallest absolute Gasteiger partial charge is 0.410 e. The van der Waals surface area contributed by atoms with Crippen LogP contribution in [-0.4, -0.2) is 53.0 Å². The van der Waals surface area contributed by atoms with Gasteiger partial charge in [0.05, 0.1) is 13.2 Å². The van der Waals surface area contributed by atoms with Crippen molar-refractivity contribution in [2.24, 2.45) is 0 Å². The van der Waals surface area contributed by atoms with Crippen molar-refractivity contribution in [3.05, 3.63) is 0 Å². The van der Waals surface area contributed by atoms with E-state index in [0.29, 0.717) is 19.6 Å². The first kappa shape index (κ1) is 9.79. The number of nitrogens with zero attached hydrogens (tertiary/aromatic N) is 1. The third-order valence-corrected chi connectivity index (χ3v) is 1.84. The summed E-state index contributed by atoms with van der Waals surface area (Å²) in [6.45, 7) is 0.0356. The van der Waals surface area contributed by atoms with Crippen LogP contribution in [0.25, 0.3) is 0 Å². The Morgan fingerprint density at radius 2 is 2.38 bits per heavy atom. The Morgan fingerprint density at radius 1 is 1.69 bits per heavy atom. The van der Waals surface area contributed by atoms with Gasteiger partial charge in [-0.2, -0.15) is 0 Å². The number of amides is 1. The minimum absolute atomic E-state index is 0.313. The Balaban J connectivity index is 2.65. The second-order valence-corrected chi connectivity index (χ2v) is 2.70. The molecule has 0 aromatic heterocycles. The zero-order valence-corrected chi connectivity index (χ0v) is 6.97. The first-order chi connectivity index (χ1) is 6.16. The molecule has 1 amide bonds. The number of carboxylic acids is 1. The van der Waals surface area contributed by atoms with Crippen molar-refractivity contribution < 1.29 is 24.5 Å². The zero-order chi connectivity index (χ0) is 9.84. The molecular formula is C7H11NO5. The van der Waals surface area contributed by atoms with Gasteiger partial charge in [0.15, 0.2) is 6.04 Å². The highest BCUT2D eigenvalue weighted by atomic mass is 16.6. The van der Waals surface area contributed by atoms with E-state index in [9.17, 15) is 9.59 Å². The normalized spacial score (nSPS) is 19.5. The molecule has 6 heteroatoms. The molecule has 13 heavy (non-hydrogen) atoms. The van der Waals surface area contributed by atoms with E-state index in [2.05, 4.69) is 4.74 Å². The van der Waals surface area contributed by atoms with Gasteiger partial charge in [0.2, 0.25) is 0 Å². The van der Waals surface area contributed by atoms with Crippen molar-refractivity contribution in [3.63, 3.8) is 0 Å². The molecule has 0 aromatic rings. The van der Waals surface area contributed by atoms with Gasteiger partial charge in [0, 0.05) is 6.54 Å². The zero-order valence-electron chi connectivity index (χ0n) is 6.97. The summed E-state index contributed by atoms with van der Waals surface area (Å²) in [5.74, 6) is -1.22. The summed E-state index contributed by atoms with van der Waals surface area (Å²) in [7, 11) is 0. The third kappa shape index (κ3) is 2.09. The number of hydrogen-bond acceptors (Lipinski definition) is 4. The van der Waals surface area contributed by atoms with E-state index in [0.717, 1.165) is 4.90 Å². The number of hydrogen-bond donors (Lipinski definition) is 2. The summed E-state index contributed by atoms with van der Waals surface area (Å²) < 4.78 is 4.64. The van der Waals surface area contributed by atoms with E-state index < -0.39 is 24.7 Å². The van der Waals surface area contributed by atoms with Gasteiger partial charge >= 0.3 is 12.1 Å². The minimum atomic E-state index is -1.22. The number of aliphatic hydroxyl groups excluding tert-OH is 1. The molecule has 1 aliphatic heterocycles. The number of cyclic esters (lactones) is 1. The summed E-state index contributed by atoms with van der Waals surface area (Å²) >= 11 is 0. The maximum Gasteiger partial charge on any atom is 0.410 e. The highest BCUT2D eigenvalue weighted by Crippen LogP contribution is 2.09. The van der Waals surface area contributed by atoms with Gasteiger partial charge in [-0.3, -0.25) is 4.90 Å². The molecule has 6 nitrogen and oxygen atoms in total. The lowest BCUT2D eigenvalue weighted by Crippen LogP contribution is -2.50.